The number of hydrogen-bond donors (Lipinski definition) is 1. The van der Waals surface area contributed by atoms with Gasteiger partial charge in [-0.3, -0.25) is 0 Å². The molecule has 4 heteroatoms. The first-order valence-electron chi connectivity index (χ1n) is 7.18. The van der Waals surface area contributed by atoms with Crippen LogP contribution in [0.1, 0.15) is 44.8 Å². The molecule has 2 rings (SSSR count). The van der Waals surface area contributed by atoms with Gasteiger partial charge in [0.15, 0.2) is 0 Å². The molecule has 0 amide bonds. The summed E-state index contributed by atoms with van der Waals surface area (Å²) < 4.78 is 2.23. The first kappa shape index (κ1) is 13.6. The second-order valence-corrected chi connectivity index (χ2v) is 5.60. The lowest BCUT2D eigenvalue weighted by atomic mass is 10.1. The summed E-state index contributed by atoms with van der Waals surface area (Å²) in [5.41, 5.74) is 7.28. The summed E-state index contributed by atoms with van der Waals surface area (Å²) in [6.07, 6.45) is 7.53. The van der Waals surface area contributed by atoms with Crippen LogP contribution in [0.2, 0.25) is 0 Å². The molecule has 18 heavy (non-hydrogen) atoms. The van der Waals surface area contributed by atoms with Crippen LogP contribution in [0.5, 0.6) is 0 Å². The molecule has 1 aromatic heterocycles. The Bertz CT molecular complexity index is 354. The molecule has 0 aliphatic carbocycles. The lowest BCUT2D eigenvalue weighted by molar-refractivity contribution is 0.270. The normalized spacial score (nSPS) is 20.2. The van der Waals surface area contributed by atoms with Crippen molar-refractivity contribution in [1.82, 2.24) is 14.5 Å². The topological polar surface area (TPSA) is 47.1 Å². The average Bonchev–Trinajstić information content (AvgIpc) is 2.99. The van der Waals surface area contributed by atoms with Crippen molar-refractivity contribution in [3.8, 4) is 0 Å². The Kier molecular flexibility index (Phi) is 4.78. The largest absolute Gasteiger partial charge is 0.333 e. The van der Waals surface area contributed by atoms with Gasteiger partial charge in [0.25, 0.3) is 0 Å². The standard InChI is InChI=1S/C14H26N4/c1-3-13(15)14-8-16-11-18(14)10-12(2)9-17-6-4-5-7-17/h8,11-13H,3-7,9-10,15H2,1-2H3/t12?,13-/m1/s1. The van der Waals surface area contributed by atoms with Gasteiger partial charge >= 0.3 is 0 Å². The number of aromatic nitrogens is 2. The minimum atomic E-state index is 0.117. The first-order valence-corrected chi connectivity index (χ1v) is 7.18. The zero-order chi connectivity index (χ0) is 13.0. The highest BCUT2D eigenvalue weighted by atomic mass is 15.1. The van der Waals surface area contributed by atoms with Gasteiger partial charge < -0.3 is 15.2 Å². The number of likely N-dealkylation sites (tertiary alicyclic amines) is 1. The van der Waals surface area contributed by atoms with E-state index in [4.69, 9.17) is 5.73 Å². The highest BCUT2D eigenvalue weighted by molar-refractivity contribution is 5.04. The Balaban J connectivity index is 1.89. The Hall–Kier alpha value is -0.870. The van der Waals surface area contributed by atoms with Crippen molar-refractivity contribution < 1.29 is 0 Å². The summed E-state index contributed by atoms with van der Waals surface area (Å²) in [6.45, 7) is 9.21. The maximum absolute atomic E-state index is 6.11. The van der Waals surface area contributed by atoms with Crippen LogP contribution in [0, 0.1) is 5.92 Å². The van der Waals surface area contributed by atoms with Gasteiger partial charge in [-0.15, -0.1) is 0 Å². The van der Waals surface area contributed by atoms with Crippen LogP contribution in [-0.2, 0) is 6.54 Å². The highest BCUT2D eigenvalue weighted by Crippen LogP contribution is 2.16. The highest BCUT2D eigenvalue weighted by Gasteiger charge is 2.16. The zero-order valence-electron chi connectivity index (χ0n) is 11.7. The Morgan fingerprint density at radius 1 is 1.33 bits per heavy atom. The second kappa shape index (κ2) is 6.34. The summed E-state index contributed by atoms with van der Waals surface area (Å²) in [5.74, 6) is 0.653. The summed E-state index contributed by atoms with van der Waals surface area (Å²) in [6, 6.07) is 0.117. The Morgan fingerprint density at radius 2 is 2.06 bits per heavy atom. The van der Waals surface area contributed by atoms with Gasteiger partial charge in [-0.25, -0.2) is 4.98 Å². The van der Waals surface area contributed by atoms with Crippen LogP contribution in [0.3, 0.4) is 0 Å². The maximum atomic E-state index is 6.11. The molecule has 0 spiro atoms. The van der Waals surface area contributed by atoms with Gasteiger partial charge in [-0.1, -0.05) is 13.8 Å². The van der Waals surface area contributed by atoms with E-state index in [1.807, 2.05) is 12.5 Å². The van der Waals surface area contributed by atoms with Crippen LogP contribution in [0.15, 0.2) is 12.5 Å². The minimum absolute atomic E-state index is 0.117. The summed E-state index contributed by atoms with van der Waals surface area (Å²) in [5, 5.41) is 0. The van der Waals surface area contributed by atoms with Crippen molar-refractivity contribution in [1.29, 1.82) is 0 Å². The second-order valence-electron chi connectivity index (χ2n) is 5.60. The molecule has 0 aromatic carbocycles. The third kappa shape index (κ3) is 3.33. The van der Waals surface area contributed by atoms with E-state index in [2.05, 4.69) is 28.3 Å². The number of imidazole rings is 1. The van der Waals surface area contributed by atoms with E-state index in [1.165, 1.54) is 38.2 Å². The van der Waals surface area contributed by atoms with Crippen molar-refractivity contribution in [3.05, 3.63) is 18.2 Å². The van der Waals surface area contributed by atoms with E-state index in [9.17, 15) is 0 Å². The number of rotatable bonds is 6. The predicted molar refractivity (Wildman–Crippen MR) is 74.3 cm³/mol. The smallest absolute Gasteiger partial charge is 0.0948 e. The first-order chi connectivity index (χ1) is 8.70. The van der Waals surface area contributed by atoms with Crippen LogP contribution < -0.4 is 5.73 Å². The van der Waals surface area contributed by atoms with Crippen LogP contribution in [0.4, 0.5) is 0 Å². The predicted octanol–water partition coefficient (Wildman–Crippen LogP) is 2.02. The van der Waals surface area contributed by atoms with Crippen molar-refractivity contribution >= 4 is 0 Å². The fraction of sp³-hybridized carbons (Fsp3) is 0.786. The lowest BCUT2D eigenvalue weighted by Crippen LogP contribution is -2.28. The van der Waals surface area contributed by atoms with E-state index in [-0.39, 0.29) is 6.04 Å². The van der Waals surface area contributed by atoms with E-state index >= 15 is 0 Å². The van der Waals surface area contributed by atoms with Crippen molar-refractivity contribution in [3.63, 3.8) is 0 Å². The molecule has 0 bridgehead atoms. The van der Waals surface area contributed by atoms with Crippen molar-refractivity contribution in [2.24, 2.45) is 11.7 Å². The molecule has 1 fully saturated rings. The Morgan fingerprint density at radius 3 is 2.72 bits per heavy atom. The Labute approximate surface area is 110 Å². The van der Waals surface area contributed by atoms with Gasteiger partial charge in [-0.2, -0.15) is 0 Å². The maximum Gasteiger partial charge on any atom is 0.0948 e. The lowest BCUT2D eigenvalue weighted by Gasteiger charge is -2.22. The zero-order valence-corrected chi connectivity index (χ0v) is 11.7. The molecule has 0 saturated carbocycles. The summed E-state index contributed by atoms with van der Waals surface area (Å²) in [4.78, 5) is 6.82. The number of nitrogens with two attached hydrogens (primary N) is 1. The van der Waals surface area contributed by atoms with E-state index < -0.39 is 0 Å². The molecule has 2 N–H and O–H groups in total. The molecular formula is C14H26N4. The van der Waals surface area contributed by atoms with E-state index in [0.717, 1.165) is 13.0 Å². The molecule has 1 aliphatic heterocycles. The van der Waals surface area contributed by atoms with Gasteiger partial charge in [0.2, 0.25) is 0 Å². The third-order valence-electron chi connectivity index (χ3n) is 3.84. The fourth-order valence-corrected chi connectivity index (χ4v) is 2.80. The van der Waals surface area contributed by atoms with Crippen molar-refractivity contribution in [2.45, 2.75) is 45.7 Å². The molecule has 1 unspecified atom stereocenters. The van der Waals surface area contributed by atoms with Gasteiger partial charge in [0.1, 0.15) is 0 Å². The molecule has 1 saturated heterocycles. The van der Waals surface area contributed by atoms with Gasteiger partial charge in [-0.05, 0) is 38.3 Å². The monoisotopic (exact) mass is 250 g/mol. The minimum Gasteiger partial charge on any atom is -0.333 e. The summed E-state index contributed by atoms with van der Waals surface area (Å²) in [7, 11) is 0. The van der Waals surface area contributed by atoms with Crippen LogP contribution in [0.25, 0.3) is 0 Å². The molecule has 0 radical (unpaired) electrons. The molecule has 2 atom stereocenters. The molecule has 4 nitrogen and oxygen atoms in total. The number of nitrogens with zero attached hydrogens (tertiary/aromatic N) is 3. The molecule has 102 valence electrons. The van der Waals surface area contributed by atoms with Gasteiger partial charge in [0, 0.05) is 25.3 Å². The molecule has 2 heterocycles. The van der Waals surface area contributed by atoms with Crippen LogP contribution >= 0.6 is 0 Å². The third-order valence-corrected chi connectivity index (χ3v) is 3.84. The SMILES string of the molecule is CC[C@@H](N)c1cncn1CC(C)CN1CCCC1. The average molecular weight is 250 g/mol. The molecule has 1 aliphatic rings. The van der Waals surface area contributed by atoms with E-state index in [1.54, 1.807) is 0 Å². The molecule has 1 aromatic rings. The van der Waals surface area contributed by atoms with Crippen molar-refractivity contribution in [2.75, 3.05) is 19.6 Å². The van der Waals surface area contributed by atoms with Crippen LogP contribution in [-0.4, -0.2) is 34.1 Å². The van der Waals surface area contributed by atoms with Gasteiger partial charge in [0.05, 0.1) is 12.0 Å². The fourth-order valence-electron chi connectivity index (χ4n) is 2.80. The molecular weight excluding hydrogens is 224 g/mol. The summed E-state index contributed by atoms with van der Waals surface area (Å²) >= 11 is 0. The van der Waals surface area contributed by atoms with E-state index in [0.29, 0.717) is 5.92 Å². The quantitative estimate of drug-likeness (QED) is 0.840. The number of hydrogen-bond acceptors (Lipinski definition) is 3.